The topological polar surface area (TPSA) is 8.81 Å². The number of aryl methyl sites for hydroxylation is 2. The summed E-state index contributed by atoms with van der Waals surface area (Å²) in [5.41, 5.74) is 0. The number of unbranched alkanes of at least 4 members (excludes halogenated alkanes) is 27. The Labute approximate surface area is 259 Å². The van der Waals surface area contributed by atoms with E-state index in [0.717, 1.165) is 0 Å². The van der Waals surface area contributed by atoms with E-state index in [2.05, 4.69) is 42.3 Å². The number of hydrogen-bond donors (Lipinski definition) is 0. The summed E-state index contributed by atoms with van der Waals surface area (Å²) < 4.78 is 5.23. The van der Waals surface area contributed by atoms with Gasteiger partial charge in [0, 0.05) is 6.42 Å². The lowest BCUT2D eigenvalue weighted by atomic mass is 10.0. The van der Waals surface area contributed by atoms with E-state index in [-0.39, 0.29) is 0 Å². The summed E-state index contributed by atoms with van der Waals surface area (Å²) in [5.74, 6) is 1.61. The highest BCUT2D eigenvalue weighted by Crippen LogP contribution is 2.15. The molecular weight excluding hydrogens is 496 g/mol. The fraction of sp³-hybridized carbons (Fsp3) is 0.923. The van der Waals surface area contributed by atoms with Crippen LogP contribution < -0.4 is 4.57 Å². The lowest BCUT2D eigenvalue weighted by molar-refractivity contribution is -0.704. The molecule has 1 rings (SSSR count). The molecule has 0 aliphatic carbocycles. The van der Waals surface area contributed by atoms with Crippen molar-refractivity contribution in [3.63, 3.8) is 0 Å². The Balaban J connectivity index is 2.14. The molecule has 0 atom stereocenters. The van der Waals surface area contributed by atoms with E-state index in [0.29, 0.717) is 0 Å². The minimum absolute atomic E-state index is 1.22. The van der Waals surface area contributed by atoms with Crippen LogP contribution in [-0.2, 0) is 19.5 Å². The van der Waals surface area contributed by atoms with Gasteiger partial charge in [0.1, 0.15) is 12.4 Å². The van der Waals surface area contributed by atoms with E-state index < -0.39 is 0 Å². The van der Waals surface area contributed by atoms with Gasteiger partial charge in [0.05, 0.1) is 13.1 Å². The molecule has 0 aliphatic rings. The van der Waals surface area contributed by atoms with Crippen molar-refractivity contribution < 1.29 is 4.57 Å². The molecule has 2 heteroatoms. The average Bonchev–Trinajstić information content (AvgIpc) is 3.37. The second-order valence-electron chi connectivity index (χ2n) is 13.4. The maximum absolute atomic E-state index is 2.62. The van der Waals surface area contributed by atoms with Crippen LogP contribution in [0.25, 0.3) is 0 Å². The summed E-state index contributed by atoms with van der Waals surface area (Å²) in [6.07, 6.45) is 48.9. The minimum atomic E-state index is 1.22. The standard InChI is InChI=1S/C39H77N2/c1-4-7-10-13-15-17-18-19-20-21-22-23-24-25-27-29-31-34-39-40(35-32-12-9-6-3)37-38-41(39)36-33-30-28-26-16-14-11-8-5-2/h37-38H,4-36H2,1-3H3/q+1. The number of imidazole rings is 1. The summed E-state index contributed by atoms with van der Waals surface area (Å²) in [7, 11) is 0. The van der Waals surface area contributed by atoms with Crippen molar-refractivity contribution in [1.29, 1.82) is 0 Å². The molecule has 0 unspecified atom stereocenters. The summed E-state index contributed by atoms with van der Waals surface area (Å²) in [5, 5.41) is 0. The summed E-state index contributed by atoms with van der Waals surface area (Å²) in [6, 6.07) is 0. The van der Waals surface area contributed by atoms with Crippen LogP contribution in [-0.4, -0.2) is 4.57 Å². The zero-order valence-electron chi connectivity index (χ0n) is 28.9. The van der Waals surface area contributed by atoms with E-state index in [9.17, 15) is 0 Å². The van der Waals surface area contributed by atoms with Crippen LogP contribution in [0.4, 0.5) is 0 Å². The molecule has 0 spiro atoms. The van der Waals surface area contributed by atoms with Crippen molar-refractivity contribution >= 4 is 0 Å². The first-order valence-corrected chi connectivity index (χ1v) is 19.4. The highest BCUT2D eigenvalue weighted by atomic mass is 15.1. The Morgan fingerprint density at radius 1 is 0.415 bits per heavy atom. The van der Waals surface area contributed by atoms with Crippen LogP contribution in [0, 0.1) is 0 Å². The average molecular weight is 574 g/mol. The first-order chi connectivity index (χ1) is 20.3. The van der Waals surface area contributed by atoms with Crippen LogP contribution in [0.15, 0.2) is 12.4 Å². The van der Waals surface area contributed by atoms with Crippen LogP contribution in [0.5, 0.6) is 0 Å². The molecule has 242 valence electrons. The Kier molecular flexibility index (Phi) is 28.6. The smallest absolute Gasteiger partial charge is 0.234 e. The SMILES string of the molecule is CCCCCCCCCCCCCCCCCCCc1n(CCCCCC)cc[n+]1CCCCCCCCCCC. The third-order valence-electron chi connectivity index (χ3n) is 9.35. The summed E-state index contributed by atoms with van der Waals surface area (Å²) in [4.78, 5) is 0. The second-order valence-corrected chi connectivity index (χ2v) is 13.4. The van der Waals surface area contributed by atoms with Crippen molar-refractivity contribution in [1.82, 2.24) is 4.57 Å². The van der Waals surface area contributed by atoms with Gasteiger partial charge in [-0.2, -0.15) is 0 Å². The third kappa shape index (κ3) is 23.4. The maximum Gasteiger partial charge on any atom is 0.256 e. The molecule has 0 radical (unpaired) electrons. The monoisotopic (exact) mass is 574 g/mol. The van der Waals surface area contributed by atoms with E-state index >= 15 is 0 Å². The van der Waals surface area contributed by atoms with E-state index in [4.69, 9.17) is 0 Å². The van der Waals surface area contributed by atoms with Gasteiger partial charge in [0.2, 0.25) is 0 Å². The predicted molar refractivity (Wildman–Crippen MR) is 184 cm³/mol. The minimum Gasteiger partial charge on any atom is -0.234 e. The molecule has 41 heavy (non-hydrogen) atoms. The fourth-order valence-corrected chi connectivity index (χ4v) is 6.50. The van der Waals surface area contributed by atoms with E-state index in [1.165, 1.54) is 212 Å². The van der Waals surface area contributed by atoms with Gasteiger partial charge in [-0.25, -0.2) is 9.13 Å². The summed E-state index contributed by atoms with van der Waals surface area (Å²) >= 11 is 0. The van der Waals surface area contributed by atoms with Gasteiger partial charge >= 0.3 is 0 Å². The van der Waals surface area contributed by atoms with Crippen LogP contribution in [0.3, 0.4) is 0 Å². The van der Waals surface area contributed by atoms with Crippen molar-refractivity contribution in [3.05, 3.63) is 18.2 Å². The number of aromatic nitrogens is 2. The first kappa shape index (κ1) is 38.2. The number of rotatable bonds is 33. The lowest BCUT2D eigenvalue weighted by Crippen LogP contribution is -2.37. The molecule has 0 aliphatic heterocycles. The molecule has 0 bridgehead atoms. The number of nitrogens with zero attached hydrogens (tertiary/aromatic N) is 2. The zero-order chi connectivity index (χ0) is 29.5. The van der Waals surface area contributed by atoms with Gasteiger partial charge in [-0.15, -0.1) is 0 Å². The van der Waals surface area contributed by atoms with Gasteiger partial charge < -0.3 is 0 Å². The van der Waals surface area contributed by atoms with E-state index in [1.807, 2.05) is 0 Å². The molecule has 0 amide bonds. The lowest BCUT2D eigenvalue weighted by Gasteiger charge is -2.07. The van der Waals surface area contributed by atoms with Gasteiger partial charge in [-0.3, -0.25) is 0 Å². The molecular formula is C39H77N2+. The largest absolute Gasteiger partial charge is 0.256 e. The maximum atomic E-state index is 2.62. The van der Waals surface area contributed by atoms with Gasteiger partial charge in [-0.05, 0) is 32.1 Å². The molecule has 1 aromatic heterocycles. The van der Waals surface area contributed by atoms with Crippen LogP contribution >= 0.6 is 0 Å². The molecule has 0 fully saturated rings. The molecule has 1 aromatic rings. The highest BCUT2D eigenvalue weighted by molar-refractivity contribution is 4.84. The fourth-order valence-electron chi connectivity index (χ4n) is 6.50. The van der Waals surface area contributed by atoms with Crippen molar-refractivity contribution in [2.75, 3.05) is 0 Å². The van der Waals surface area contributed by atoms with Gasteiger partial charge in [0.15, 0.2) is 0 Å². The summed E-state index contributed by atoms with van der Waals surface area (Å²) in [6.45, 7) is 9.39. The molecule has 0 N–H and O–H groups in total. The molecule has 1 heterocycles. The quantitative estimate of drug-likeness (QED) is 0.0584. The molecule has 0 saturated heterocycles. The van der Waals surface area contributed by atoms with Gasteiger partial charge in [-0.1, -0.05) is 181 Å². The van der Waals surface area contributed by atoms with Crippen molar-refractivity contribution in [3.8, 4) is 0 Å². The predicted octanol–water partition coefficient (Wildman–Crippen LogP) is 13.1. The molecule has 0 aromatic carbocycles. The Bertz CT molecular complexity index is 634. The number of hydrogen-bond acceptors (Lipinski definition) is 0. The second kappa shape index (κ2) is 30.7. The van der Waals surface area contributed by atoms with Gasteiger partial charge in [0.25, 0.3) is 5.82 Å². The van der Waals surface area contributed by atoms with Crippen molar-refractivity contribution in [2.45, 2.75) is 233 Å². The Morgan fingerprint density at radius 2 is 0.756 bits per heavy atom. The third-order valence-corrected chi connectivity index (χ3v) is 9.35. The first-order valence-electron chi connectivity index (χ1n) is 19.4. The zero-order valence-corrected chi connectivity index (χ0v) is 28.9. The molecule has 2 nitrogen and oxygen atoms in total. The Morgan fingerprint density at radius 3 is 1.17 bits per heavy atom. The van der Waals surface area contributed by atoms with Crippen molar-refractivity contribution in [2.24, 2.45) is 0 Å². The molecule has 0 saturated carbocycles. The van der Waals surface area contributed by atoms with Crippen LogP contribution in [0.1, 0.15) is 219 Å². The van der Waals surface area contributed by atoms with E-state index in [1.54, 1.807) is 5.82 Å². The Hall–Kier alpha value is -0.790. The highest BCUT2D eigenvalue weighted by Gasteiger charge is 2.16. The normalized spacial score (nSPS) is 11.6. The van der Waals surface area contributed by atoms with Crippen LogP contribution in [0.2, 0.25) is 0 Å².